The van der Waals surface area contributed by atoms with Crippen LogP contribution < -0.4 is 0 Å². The summed E-state index contributed by atoms with van der Waals surface area (Å²) in [7, 11) is 2.35. The molecule has 0 N–H and O–H groups in total. The average molecular weight is 217 g/mol. The molecule has 89 valence electrons. The van der Waals surface area contributed by atoms with E-state index < -0.39 is 0 Å². The van der Waals surface area contributed by atoms with Gasteiger partial charge < -0.3 is 0 Å². The van der Waals surface area contributed by atoms with Crippen LogP contribution >= 0.6 is 0 Å². The molecule has 2 rings (SSSR count). The Balaban J connectivity index is 2.21. The molecule has 0 aromatic carbocycles. The number of rotatable bonds is 2. The molecule has 0 amide bonds. The normalized spacial score (nSPS) is 40.1. The van der Waals surface area contributed by atoms with Crippen LogP contribution in [0.3, 0.4) is 0 Å². The van der Waals surface area contributed by atoms with Gasteiger partial charge in [0.2, 0.25) is 0 Å². The first-order chi connectivity index (χ1) is 7.29. The minimum Gasteiger partial charge on any atom is -0.0911 e. The molecule has 2 aliphatic carbocycles. The molecule has 0 nitrogen and oxygen atoms in total. The van der Waals surface area contributed by atoms with Crippen molar-refractivity contribution < 1.29 is 0 Å². The minimum atomic E-state index is 0.499. The van der Waals surface area contributed by atoms with E-state index in [0.717, 1.165) is 17.7 Å². The average Bonchev–Trinajstić information content (AvgIpc) is 2.92. The summed E-state index contributed by atoms with van der Waals surface area (Å²) >= 11 is 0. The summed E-state index contributed by atoms with van der Waals surface area (Å²) in [6, 6.07) is 0. The molecule has 3 unspecified atom stereocenters. The van der Waals surface area contributed by atoms with Gasteiger partial charge in [-0.2, -0.15) is 0 Å². The first-order valence-electron chi connectivity index (χ1n) is 6.81. The van der Waals surface area contributed by atoms with Gasteiger partial charge >= 0.3 is 0 Å². The van der Waals surface area contributed by atoms with Crippen LogP contribution in [0.5, 0.6) is 0 Å². The molecule has 0 aromatic heterocycles. The maximum atomic E-state index is 2.48. The summed E-state index contributed by atoms with van der Waals surface area (Å²) in [5.41, 5.74) is 2.74. The fourth-order valence-electron chi connectivity index (χ4n) is 3.65. The molecule has 0 aliphatic heterocycles. The zero-order chi connectivity index (χ0) is 12.1. The number of hydrogen-bond acceptors (Lipinski definition) is 0. The van der Waals surface area contributed by atoms with Crippen LogP contribution in [0.25, 0.3) is 0 Å². The van der Waals surface area contributed by atoms with E-state index in [1.54, 1.807) is 5.57 Å². The van der Waals surface area contributed by atoms with E-state index in [1.165, 1.54) is 12.8 Å². The predicted molar refractivity (Wildman–Crippen MR) is 72.9 cm³/mol. The molecule has 1 radical (unpaired) electrons. The molecular formula is C15H26B. The van der Waals surface area contributed by atoms with Gasteiger partial charge in [-0.15, -0.1) is 0 Å². The molecule has 0 spiro atoms. The first-order valence-corrected chi connectivity index (χ1v) is 6.81. The summed E-state index contributed by atoms with van der Waals surface area (Å²) in [6.45, 7) is 14.5. The zero-order valence-corrected chi connectivity index (χ0v) is 11.8. The van der Waals surface area contributed by atoms with Gasteiger partial charge in [-0.25, -0.2) is 0 Å². The maximum Gasteiger partial charge on any atom is 0.120 e. The Morgan fingerprint density at radius 2 is 1.69 bits per heavy atom. The summed E-state index contributed by atoms with van der Waals surface area (Å²) in [6.07, 6.45) is 5.23. The fraction of sp³-hybridized carbons (Fsp3) is 0.867. The molecule has 2 aliphatic rings. The molecule has 1 fully saturated rings. The molecule has 1 saturated carbocycles. The van der Waals surface area contributed by atoms with Gasteiger partial charge in [0.05, 0.1) is 0 Å². The Labute approximate surface area is 102 Å². The third-order valence-electron chi connectivity index (χ3n) is 5.35. The second-order valence-corrected chi connectivity index (χ2v) is 7.27. The Bertz CT molecular complexity index is 311. The lowest BCUT2D eigenvalue weighted by molar-refractivity contribution is 0.0139. The van der Waals surface area contributed by atoms with Crippen molar-refractivity contribution in [2.45, 2.75) is 60.1 Å². The van der Waals surface area contributed by atoms with Crippen LogP contribution in [0.1, 0.15) is 47.5 Å². The van der Waals surface area contributed by atoms with Crippen molar-refractivity contribution in [1.82, 2.24) is 0 Å². The van der Waals surface area contributed by atoms with Crippen molar-refractivity contribution in [3.8, 4) is 0 Å². The van der Waals surface area contributed by atoms with Crippen molar-refractivity contribution in [1.29, 1.82) is 0 Å². The van der Waals surface area contributed by atoms with Gasteiger partial charge in [-0.3, -0.25) is 0 Å². The topological polar surface area (TPSA) is 0 Å². The molecule has 3 atom stereocenters. The van der Waals surface area contributed by atoms with Crippen LogP contribution in [-0.4, -0.2) is 7.28 Å². The maximum absolute atomic E-state index is 2.48. The highest BCUT2D eigenvalue weighted by Gasteiger charge is 2.49. The monoisotopic (exact) mass is 217 g/mol. The van der Waals surface area contributed by atoms with Crippen LogP contribution in [0.2, 0.25) is 12.6 Å². The SMILES string of the molecule is C[B]C1C=C1C1C(C)C(C)(C)CCC1(C)C. The largest absolute Gasteiger partial charge is 0.120 e. The molecule has 0 heterocycles. The lowest BCUT2D eigenvalue weighted by Crippen LogP contribution is -2.42. The molecule has 0 aromatic rings. The van der Waals surface area contributed by atoms with Gasteiger partial charge in [0.15, 0.2) is 0 Å². The highest BCUT2D eigenvalue weighted by Crippen LogP contribution is 2.60. The third-order valence-corrected chi connectivity index (χ3v) is 5.35. The van der Waals surface area contributed by atoms with E-state index in [1.807, 2.05) is 0 Å². The second kappa shape index (κ2) is 3.65. The van der Waals surface area contributed by atoms with Crippen LogP contribution in [0.15, 0.2) is 11.6 Å². The second-order valence-electron chi connectivity index (χ2n) is 7.27. The number of allylic oxidation sites excluding steroid dienone is 2. The summed E-state index contributed by atoms with van der Waals surface area (Å²) in [5.74, 6) is 2.34. The molecular weight excluding hydrogens is 191 g/mol. The summed E-state index contributed by atoms with van der Waals surface area (Å²) < 4.78 is 0. The smallest absolute Gasteiger partial charge is 0.0911 e. The first kappa shape index (κ1) is 12.3. The molecule has 16 heavy (non-hydrogen) atoms. The van der Waals surface area contributed by atoms with Crippen molar-refractivity contribution in [2.75, 3.05) is 0 Å². The van der Waals surface area contributed by atoms with Crippen molar-refractivity contribution >= 4 is 7.28 Å². The molecule has 0 saturated heterocycles. The van der Waals surface area contributed by atoms with Crippen LogP contribution in [-0.2, 0) is 0 Å². The van der Waals surface area contributed by atoms with Crippen LogP contribution in [0.4, 0.5) is 0 Å². The lowest BCUT2D eigenvalue weighted by atomic mass is 9.53. The Kier molecular flexibility index (Phi) is 2.80. The highest BCUT2D eigenvalue weighted by atomic mass is 14.5. The van der Waals surface area contributed by atoms with Gasteiger partial charge in [-0.1, -0.05) is 53.1 Å². The lowest BCUT2D eigenvalue weighted by Gasteiger charge is -2.51. The Morgan fingerprint density at radius 3 is 2.19 bits per heavy atom. The van der Waals surface area contributed by atoms with Gasteiger partial charge in [0, 0.05) is 0 Å². The summed E-state index contributed by atoms with van der Waals surface area (Å²) in [5, 5.41) is 0. The van der Waals surface area contributed by atoms with E-state index in [4.69, 9.17) is 0 Å². The number of hydrogen-bond donors (Lipinski definition) is 0. The van der Waals surface area contributed by atoms with Gasteiger partial charge in [0.25, 0.3) is 0 Å². The fourth-order valence-corrected chi connectivity index (χ4v) is 3.65. The molecule has 1 heteroatoms. The standard InChI is InChI=1S/C15H26B/c1-10-13(11-9-12(11)16-6)15(4,5)8-7-14(10,2)3/h9-10,12-13H,7-8H2,1-6H3. The van der Waals surface area contributed by atoms with Crippen molar-refractivity contribution in [2.24, 2.45) is 22.7 Å². The van der Waals surface area contributed by atoms with Crippen molar-refractivity contribution in [3.63, 3.8) is 0 Å². The predicted octanol–water partition coefficient (Wildman–Crippen LogP) is 4.57. The summed E-state index contributed by atoms with van der Waals surface area (Å²) in [4.78, 5) is 0. The third kappa shape index (κ3) is 1.87. The zero-order valence-electron chi connectivity index (χ0n) is 11.8. The van der Waals surface area contributed by atoms with E-state index >= 15 is 0 Å². The Hall–Kier alpha value is -0.195. The van der Waals surface area contributed by atoms with Crippen molar-refractivity contribution in [3.05, 3.63) is 11.6 Å². The van der Waals surface area contributed by atoms with E-state index in [9.17, 15) is 0 Å². The van der Waals surface area contributed by atoms with E-state index in [0.29, 0.717) is 10.8 Å². The minimum absolute atomic E-state index is 0.499. The Morgan fingerprint density at radius 1 is 1.12 bits per heavy atom. The van der Waals surface area contributed by atoms with Gasteiger partial charge in [0.1, 0.15) is 7.28 Å². The van der Waals surface area contributed by atoms with E-state index in [2.05, 4.69) is 54.8 Å². The van der Waals surface area contributed by atoms with Crippen LogP contribution in [0, 0.1) is 22.7 Å². The quantitative estimate of drug-likeness (QED) is 0.469. The highest BCUT2D eigenvalue weighted by molar-refractivity contribution is 6.39. The molecule has 0 bridgehead atoms. The van der Waals surface area contributed by atoms with Gasteiger partial charge in [-0.05, 0) is 41.3 Å². The van der Waals surface area contributed by atoms with E-state index in [-0.39, 0.29) is 0 Å².